The van der Waals surface area contributed by atoms with Crippen LogP contribution < -0.4 is 30.4 Å². The van der Waals surface area contributed by atoms with E-state index >= 15 is 4.39 Å². The van der Waals surface area contributed by atoms with Crippen molar-refractivity contribution in [2.24, 2.45) is 0 Å². The molecular weight excluding hydrogens is 570 g/mol. The van der Waals surface area contributed by atoms with Crippen molar-refractivity contribution in [1.29, 1.82) is 0 Å². The zero-order valence-corrected chi connectivity index (χ0v) is 22.3. The number of nitrogens with one attached hydrogen (secondary N) is 2. The summed E-state index contributed by atoms with van der Waals surface area (Å²) >= 11 is 0. The summed E-state index contributed by atoms with van der Waals surface area (Å²) in [6.45, 7) is 0. The van der Waals surface area contributed by atoms with E-state index in [0.29, 0.717) is 11.3 Å². The monoisotopic (exact) mass is 590 g/mol. The van der Waals surface area contributed by atoms with Gasteiger partial charge < -0.3 is 24.6 Å². The standard InChI is InChI=1S/C28H20F2N6O7/c1-41-22-12-19-23(34-25(22)42-2)21(9-10-31-19)43-20-8-5-15(11-18(20)30)33-24(37)17-13-32-27(35-28(39)40)36(26(17)38)16-6-3-14(29)4-7-16/h3-13H,1-2H3,(H,32,35)(H,33,37)(H,39,40). The van der Waals surface area contributed by atoms with E-state index in [4.69, 9.17) is 19.3 Å². The molecule has 43 heavy (non-hydrogen) atoms. The van der Waals surface area contributed by atoms with Crippen LogP contribution in [0, 0.1) is 11.6 Å². The highest BCUT2D eigenvalue weighted by molar-refractivity contribution is 6.04. The summed E-state index contributed by atoms with van der Waals surface area (Å²) in [5.41, 5.74) is -0.766. The molecule has 2 amide bonds. The summed E-state index contributed by atoms with van der Waals surface area (Å²) in [7, 11) is 2.86. The van der Waals surface area contributed by atoms with Gasteiger partial charge in [-0.2, -0.15) is 0 Å². The smallest absolute Gasteiger partial charge is 0.411 e. The molecule has 0 unspecified atom stereocenters. The van der Waals surface area contributed by atoms with E-state index in [1.165, 1.54) is 50.7 Å². The number of pyridine rings is 2. The van der Waals surface area contributed by atoms with Crippen LogP contribution in [0.3, 0.4) is 0 Å². The van der Waals surface area contributed by atoms with Crippen molar-refractivity contribution >= 4 is 34.7 Å². The maximum atomic E-state index is 15.1. The number of halogens is 2. The molecule has 0 atom stereocenters. The van der Waals surface area contributed by atoms with Gasteiger partial charge in [0.1, 0.15) is 16.9 Å². The minimum atomic E-state index is -1.52. The molecular formula is C28H20F2N6O7. The number of ether oxygens (including phenoxy) is 3. The van der Waals surface area contributed by atoms with Gasteiger partial charge >= 0.3 is 6.09 Å². The number of fused-ring (bicyclic) bond motifs is 1. The lowest BCUT2D eigenvalue weighted by atomic mass is 10.2. The zero-order valence-electron chi connectivity index (χ0n) is 22.3. The Hall–Kier alpha value is -6.12. The molecule has 5 rings (SSSR count). The molecule has 0 aliphatic heterocycles. The quantitative estimate of drug-likeness (QED) is 0.232. The first-order valence-corrected chi connectivity index (χ1v) is 12.2. The Bertz CT molecular complexity index is 1930. The van der Waals surface area contributed by atoms with E-state index in [-0.39, 0.29) is 34.3 Å². The van der Waals surface area contributed by atoms with Crippen molar-refractivity contribution in [3.63, 3.8) is 0 Å². The zero-order chi connectivity index (χ0) is 30.7. The van der Waals surface area contributed by atoms with Gasteiger partial charge in [-0.3, -0.25) is 19.9 Å². The number of hydrogen-bond donors (Lipinski definition) is 3. The van der Waals surface area contributed by atoms with Gasteiger partial charge in [0.15, 0.2) is 23.1 Å². The molecule has 2 aromatic carbocycles. The number of carbonyl (C=O) groups excluding carboxylic acids is 1. The number of amides is 2. The first-order chi connectivity index (χ1) is 20.7. The Morgan fingerprint density at radius 1 is 0.907 bits per heavy atom. The lowest BCUT2D eigenvalue weighted by Crippen LogP contribution is -2.31. The Kier molecular flexibility index (Phi) is 7.78. The van der Waals surface area contributed by atoms with E-state index in [0.717, 1.165) is 29.0 Å². The molecule has 0 fully saturated rings. The van der Waals surface area contributed by atoms with E-state index in [1.54, 1.807) is 6.07 Å². The van der Waals surface area contributed by atoms with E-state index < -0.39 is 40.7 Å². The minimum absolute atomic E-state index is 0.0283. The molecule has 0 saturated heterocycles. The number of carbonyl (C=O) groups is 2. The van der Waals surface area contributed by atoms with Gasteiger partial charge in [0.05, 0.1) is 25.4 Å². The third-order valence-corrected chi connectivity index (χ3v) is 5.94. The first-order valence-electron chi connectivity index (χ1n) is 12.2. The summed E-state index contributed by atoms with van der Waals surface area (Å²) in [6.07, 6.45) is 0.788. The van der Waals surface area contributed by atoms with Gasteiger partial charge in [-0.25, -0.2) is 28.1 Å². The highest BCUT2D eigenvalue weighted by atomic mass is 19.1. The predicted molar refractivity (Wildman–Crippen MR) is 149 cm³/mol. The second-order valence-electron chi connectivity index (χ2n) is 8.62. The molecule has 0 spiro atoms. The maximum absolute atomic E-state index is 15.1. The van der Waals surface area contributed by atoms with Gasteiger partial charge in [-0.1, -0.05) is 0 Å². The van der Waals surface area contributed by atoms with Crippen LogP contribution in [0.4, 0.5) is 25.2 Å². The minimum Gasteiger partial charge on any atom is -0.491 e. The molecule has 3 heterocycles. The summed E-state index contributed by atoms with van der Waals surface area (Å²) in [5.74, 6) is -2.36. The third-order valence-electron chi connectivity index (χ3n) is 5.94. The second kappa shape index (κ2) is 11.8. The van der Waals surface area contributed by atoms with Crippen molar-refractivity contribution in [1.82, 2.24) is 19.5 Å². The van der Waals surface area contributed by atoms with Crippen LogP contribution in [0.5, 0.6) is 23.1 Å². The SMILES string of the molecule is COc1cc2nccc(Oc3ccc(NC(=O)c4cnc(NC(=O)O)n(-c5ccc(F)cc5)c4=O)cc3F)c2nc1OC. The number of rotatable bonds is 8. The molecule has 15 heteroatoms. The third kappa shape index (κ3) is 5.85. The molecule has 0 aliphatic carbocycles. The summed E-state index contributed by atoms with van der Waals surface area (Å²) in [5, 5.41) is 13.5. The van der Waals surface area contributed by atoms with Crippen LogP contribution in [0.15, 0.2) is 71.8 Å². The summed E-state index contributed by atoms with van der Waals surface area (Å²) in [4.78, 5) is 49.8. The van der Waals surface area contributed by atoms with E-state index in [9.17, 15) is 18.8 Å². The van der Waals surface area contributed by atoms with Gasteiger partial charge in [-0.05, 0) is 36.4 Å². The topological polar surface area (TPSA) is 167 Å². The lowest BCUT2D eigenvalue weighted by Gasteiger charge is -2.14. The average Bonchev–Trinajstić information content (AvgIpc) is 2.98. The highest BCUT2D eigenvalue weighted by Crippen LogP contribution is 2.35. The molecule has 0 bridgehead atoms. The highest BCUT2D eigenvalue weighted by Gasteiger charge is 2.20. The van der Waals surface area contributed by atoms with Crippen molar-refractivity contribution in [3.05, 3.63) is 94.5 Å². The Labute approximate surface area is 240 Å². The molecule has 0 aliphatic rings. The van der Waals surface area contributed by atoms with Crippen LogP contribution in [0.2, 0.25) is 0 Å². The first kappa shape index (κ1) is 28.4. The van der Waals surface area contributed by atoms with Crippen LogP contribution >= 0.6 is 0 Å². The number of nitrogens with zero attached hydrogens (tertiary/aromatic N) is 4. The fourth-order valence-electron chi connectivity index (χ4n) is 3.99. The van der Waals surface area contributed by atoms with Crippen molar-refractivity contribution in [2.45, 2.75) is 0 Å². The number of aromatic nitrogens is 4. The average molecular weight is 590 g/mol. The molecule has 3 aromatic heterocycles. The van der Waals surface area contributed by atoms with Gasteiger partial charge in [0.25, 0.3) is 17.3 Å². The Morgan fingerprint density at radius 2 is 1.67 bits per heavy atom. The molecule has 3 N–H and O–H groups in total. The van der Waals surface area contributed by atoms with Crippen molar-refractivity contribution in [2.75, 3.05) is 24.9 Å². The van der Waals surface area contributed by atoms with Gasteiger partial charge in [-0.15, -0.1) is 0 Å². The maximum Gasteiger partial charge on any atom is 0.411 e. The fourth-order valence-corrected chi connectivity index (χ4v) is 3.99. The van der Waals surface area contributed by atoms with E-state index in [2.05, 4.69) is 20.3 Å². The lowest BCUT2D eigenvalue weighted by molar-refractivity contribution is 0.102. The number of anilines is 2. The van der Waals surface area contributed by atoms with Gasteiger partial charge in [0.2, 0.25) is 5.95 Å². The predicted octanol–water partition coefficient (Wildman–Crippen LogP) is 4.61. The molecule has 13 nitrogen and oxygen atoms in total. The van der Waals surface area contributed by atoms with E-state index in [1.807, 2.05) is 5.32 Å². The molecule has 0 saturated carbocycles. The number of methoxy groups -OCH3 is 2. The number of carboxylic acid groups (broad SMARTS) is 1. The van der Waals surface area contributed by atoms with Crippen molar-refractivity contribution in [3.8, 4) is 28.8 Å². The Morgan fingerprint density at radius 3 is 2.35 bits per heavy atom. The van der Waals surface area contributed by atoms with Crippen LogP contribution in [0.1, 0.15) is 10.4 Å². The van der Waals surface area contributed by atoms with Crippen LogP contribution in [-0.2, 0) is 0 Å². The van der Waals surface area contributed by atoms with Gasteiger partial charge in [0, 0.05) is 36.3 Å². The number of hydrogen-bond acceptors (Lipinski definition) is 9. The molecule has 218 valence electrons. The molecule has 0 radical (unpaired) electrons. The normalized spacial score (nSPS) is 10.7. The Balaban J connectivity index is 1.42. The molecule has 5 aromatic rings. The largest absolute Gasteiger partial charge is 0.491 e. The summed E-state index contributed by atoms with van der Waals surface area (Å²) < 4.78 is 45.5. The van der Waals surface area contributed by atoms with Crippen LogP contribution in [-0.4, -0.2) is 50.8 Å². The van der Waals surface area contributed by atoms with Crippen LogP contribution in [0.25, 0.3) is 16.7 Å². The fraction of sp³-hybridized carbons (Fsp3) is 0.0714. The number of benzene rings is 2. The summed E-state index contributed by atoms with van der Waals surface area (Å²) in [6, 6.07) is 11.1. The second-order valence-corrected chi connectivity index (χ2v) is 8.62. The van der Waals surface area contributed by atoms with Crippen molar-refractivity contribution < 1.29 is 37.7 Å².